The standard InChI is InChI=1S/C47H49N5O6/c53-35-11-13-37-32(20-35)8-12-36(30-4-2-1-3-5-30)43(37)31-6-9-33(10-7-31)50-27-47(28-50)21-29(25-58-47)22-49-18-19-51-34(23-49)26-57-44-39-24-52(41-16-17-42(54)48-45(41)55)46(56)38(39)14-15-40(44)51/h1-7,9-11,13-15,20,29,34,36,41,43,53H,8,12,16-19,21-28H2,(H,48,54,55)/t29-,34-,36-,41+,43+/m1/s1. The van der Waals surface area contributed by atoms with Crippen molar-refractivity contribution in [1.29, 1.82) is 0 Å². The van der Waals surface area contributed by atoms with E-state index in [1.807, 2.05) is 24.3 Å². The number of phenolic OH excluding ortho intramolecular Hbond substituents is 1. The van der Waals surface area contributed by atoms with Crippen LogP contribution in [0.4, 0.5) is 11.4 Å². The lowest BCUT2D eigenvalue weighted by Crippen LogP contribution is -2.62. The van der Waals surface area contributed by atoms with Crippen LogP contribution in [-0.2, 0) is 27.3 Å². The van der Waals surface area contributed by atoms with Crippen molar-refractivity contribution in [3.63, 3.8) is 0 Å². The maximum Gasteiger partial charge on any atom is 0.255 e. The molecule has 3 amide bonds. The molecule has 4 aromatic rings. The highest BCUT2D eigenvalue weighted by Crippen LogP contribution is 2.48. The summed E-state index contributed by atoms with van der Waals surface area (Å²) in [7, 11) is 0. The third kappa shape index (κ3) is 6.04. The average molecular weight is 780 g/mol. The fraction of sp³-hybridized carbons (Fsp3) is 0.426. The molecule has 6 aliphatic heterocycles. The lowest BCUT2D eigenvalue weighted by molar-refractivity contribution is -0.136. The number of benzene rings is 4. The maximum atomic E-state index is 13.4. The molecule has 0 saturated carbocycles. The number of aromatic hydroxyl groups is 1. The van der Waals surface area contributed by atoms with Crippen molar-refractivity contribution in [1.82, 2.24) is 15.1 Å². The molecule has 11 rings (SSSR count). The molecule has 4 fully saturated rings. The highest BCUT2D eigenvalue weighted by molar-refractivity contribution is 6.06. The van der Waals surface area contributed by atoms with Gasteiger partial charge in [0.1, 0.15) is 29.7 Å². The Hall–Kier alpha value is -5.39. The molecule has 1 spiro atoms. The largest absolute Gasteiger partial charge is 0.508 e. The number of amides is 3. The fourth-order valence-electron chi connectivity index (χ4n) is 11.4. The topological polar surface area (TPSA) is 115 Å². The quantitative estimate of drug-likeness (QED) is 0.255. The lowest BCUT2D eigenvalue weighted by atomic mass is 9.69. The van der Waals surface area contributed by atoms with Crippen LogP contribution >= 0.6 is 0 Å². The predicted molar refractivity (Wildman–Crippen MR) is 218 cm³/mol. The Labute approximate surface area is 338 Å². The molecule has 0 aromatic heterocycles. The number of piperazine rings is 1. The molecule has 4 saturated heterocycles. The smallest absolute Gasteiger partial charge is 0.255 e. The maximum absolute atomic E-state index is 13.4. The number of hydrogen-bond donors (Lipinski definition) is 2. The number of ether oxygens (including phenoxy) is 2. The van der Waals surface area contributed by atoms with Crippen molar-refractivity contribution in [2.75, 3.05) is 62.3 Å². The molecule has 0 radical (unpaired) electrons. The summed E-state index contributed by atoms with van der Waals surface area (Å²) < 4.78 is 13.0. The molecule has 1 aliphatic carbocycles. The van der Waals surface area contributed by atoms with Crippen molar-refractivity contribution < 1.29 is 29.0 Å². The second kappa shape index (κ2) is 13.9. The van der Waals surface area contributed by atoms with Gasteiger partial charge in [-0.1, -0.05) is 48.5 Å². The monoisotopic (exact) mass is 779 g/mol. The fourth-order valence-corrected chi connectivity index (χ4v) is 11.4. The first-order valence-corrected chi connectivity index (χ1v) is 21.1. The zero-order valence-electron chi connectivity index (χ0n) is 32.6. The highest BCUT2D eigenvalue weighted by atomic mass is 16.5. The minimum absolute atomic E-state index is 0.0830. The van der Waals surface area contributed by atoms with Gasteiger partial charge in [-0.2, -0.15) is 0 Å². The van der Waals surface area contributed by atoms with Gasteiger partial charge >= 0.3 is 0 Å². The van der Waals surface area contributed by atoms with E-state index >= 15 is 0 Å². The zero-order chi connectivity index (χ0) is 39.1. The van der Waals surface area contributed by atoms with Crippen LogP contribution in [0.1, 0.15) is 75.7 Å². The Morgan fingerprint density at radius 3 is 2.52 bits per heavy atom. The number of imide groups is 1. The summed E-state index contributed by atoms with van der Waals surface area (Å²) in [5, 5.41) is 12.6. The van der Waals surface area contributed by atoms with E-state index in [-0.39, 0.29) is 35.8 Å². The number of carbonyl (C=O) groups excluding carboxylic acids is 3. The molecule has 2 N–H and O–H groups in total. The van der Waals surface area contributed by atoms with Gasteiger partial charge in [0, 0.05) is 68.4 Å². The number of aryl methyl sites for hydroxylation is 1. The minimum atomic E-state index is -0.640. The van der Waals surface area contributed by atoms with Gasteiger partial charge < -0.3 is 29.3 Å². The van der Waals surface area contributed by atoms with Crippen LogP contribution < -0.4 is 19.9 Å². The minimum Gasteiger partial charge on any atom is -0.508 e. The van der Waals surface area contributed by atoms with Crippen molar-refractivity contribution in [2.45, 2.75) is 68.2 Å². The van der Waals surface area contributed by atoms with E-state index in [1.165, 1.54) is 27.9 Å². The van der Waals surface area contributed by atoms with Gasteiger partial charge in [-0.25, -0.2) is 0 Å². The highest BCUT2D eigenvalue weighted by Gasteiger charge is 2.50. The molecule has 4 aromatic carbocycles. The molecule has 5 atom stereocenters. The van der Waals surface area contributed by atoms with Gasteiger partial charge in [0.25, 0.3) is 5.91 Å². The summed E-state index contributed by atoms with van der Waals surface area (Å²) >= 11 is 0. The molecule has 298 valence electrons. The molecular weight excluding hydrogens is 731 g/mol. The predicted octanol–water partition coefficient (Wildman–Crippen LogP) is 5.19. The van der Waals surface area contributed by atoms with Crippen LogP contribution in [0.2, 0.25) is 0 Å². The first-order chi connectivity index (χ1) is 28.3. The summed E-state index contributed by atoms with van der Waals surface area (Å²) in [6.45, 7) is 7.24. The van der Waals surface area contributed by atoms with E-state index < -0.39 is 11.9 Å². The normalized spacial score (nSPS) is 27.3. The summed E-state index contributed by atoms with van der Waals surface area (Å²) in [5.41, 5.74) is 8.89. The summed E-state index contributed by atoms with van der Waals surface area (Å²) in [6, 6.07) is 29.5. The van der Waals surface area contributed by atoms with Crippen molar-refractivity contribution in [2.24, 2.45) is 5.92 Å². The number of nitrogens with one attached hydrogen (secondary N) is 1. The van der Waals surface area contributed by atoms with E-state index in [0.29, 0.717) is 42.7 Å². The first-order valence-electron chi connectivity index (χ1n) is 21.1. The zero-order valence-corrected chi connectivity index (χ0v) is 32.6. The first kappa shape index (κ1) is 35.7. The Bertz CT molecular complexity index is 2290. The Morgan fingerprint density at radius 1 is 0.845 bits per heavy atom. The van der Waals surface area contributed by atoms with Crippen molar-refractivity contribution >= 4 is 29.1 Å². The molecule has 58 heavy (non-hydrogen) atoms. The van der Waals surface area contributed by atoms with Gasteiger partial charge in [0.15, 0.2) is 0 Å². The summed E-state index contributed by atoms with van der Waals surface area (Å²) in [4.78, 5) is 46.8. The van der Waals surface area contributed by atoms with Gasteiger partial charge in [0.2, 0.25) is 11.8 Å². The third-order valence-electron chi connectivity index (χ3n) is 14.1. The SMILES string of the molecule is O=C1CC[C@H](N2Cc3c(ccc4c3OC[C@H]3CN(C[C@@H]5COC6(C5)CN(c5ccc([C@@H]7c8ccc(O)cc8CC[C@@H]7c7ccccc7)cc5)C6)CCN43)C2=O)C(=O)N1. The number of fused-ring (bicyclic) bond motifs is 6. The number of phenols is 1. The van der Waals surface area contributed by atoms with Gasteiger partial charge in [-0.3, -0.25) is 24.6 Å². The van der Waals surface area contributed by atoms with Crippen LogP contribution in [0, 0.1) is 5.92 Å². The summed E-state index contributed by atoms with van der Waals surface area (Å²) in [6.07, 6.45) is 3.67. The van der Waals surface area contributed by atoms with Crippen molar-refractivity contribution in [3.8, 4) is 11.5 Å². The average Bonchev–Trinajstić information content (AvgIpc) is 3.81. The van der Waals surface area contributed by atoms with E-state index in [9.17, 15) is 19.5 Å². The lowest BCUT2D eigenvalue weighted by Gasteiger charge is -2.49. The molecule has 11 nitrogen and oxygen atoms in total. The molecule has 7 aliphatic rings. The Morgan fingerprint density at radius 2 is 1.69 bits per heavy atom. The number of rotatable bonds is 6. The van der Waals surface area contributed by atoms with E-state index in [1.54, 1.807) is 4.90 Å². The van der Waals surface area contributed by atoms with Crippen molar-refractivity contribution in [3.05, 3.63) is 118 Å². The summed E-state index contributed by atoms with van der Waals surface area (Å²) in [5.74, 6) is 1.36. The van der Waals surface area contributed by atoms with E-state index in [2.05, 4.69) is 80.7 Å². The molecule has 11 heteroatoms. The second-order valence-electron chi connectivity index (χ2n) is 17.7. The number of anilines is 2. The van der Waals surface area contributed by atoms with E-state index in [0.717, 1.165) is 82.1 Å². The van der Waals surface area contributed by atoms with E-state index in [4.69, 9.17) is 9.47 Å². The van der Waals surface area contributed by atoms with Crippen LogP contribution in [0.3, 0.4) is 0 Å². The second-order valence-corrected chi connectivity index (χ2v) is 17.7. The molecule has 6 heterocycles. The Balaban J connectivity index is 0.708. The third-order valence-corrected chi connectivity index (χ3v) is 14.1. The number of piperidine rings is 1. The van der Waals surface area contributed by atoms with Gasteiger partial charge in [-0.05, 0) is 96.2 Å². The van der Waals surface area contributed by atoms with Gasteiger partial charge in [0.05, 0.1) is 24.9 Å². The number of nitrogens with zero attached hydrogens (tertiary/aromatic N) is 4. The molecule has 0 unspecified atom stereocenters. The van der Waals surface area contributed by atoms with Crippen LogP contribution in [0.5, 0.6) is 11.5 Å². The van der Waals surface area contributed by atoms with Crippen LogP contribution in [0.25, 0.3) is 0 Å². The van der Waals surface area contributed by atoms with Crippen LogP contribution in [0.15, 0.2) is 84.9 Å². The van der Waals surface area contributed by atoms with Crippen LogP contribution in [-0.4, -0.2) is 103 Å². The number of hydrogen-bond acceptors (Lipinski definition) is 9. The molecule has 0 bridgehead atoms. The molecular formula is C47H49N5O6. The van der Waals surface area contributed by atoms with Gasteiger partial charge in [-0.15, -0.1) is 0 Å². The number of carbonyl (C=O) groups is 3. The Kier molecular flexibility index (Phi) is 8.55.